The van der Waals surface area contributed by atoms with Crippen molar-refractivity contribution in [3.05, 3.63) is 33.9 Å². The monoisotopic (exact) mass is 316 g/mol. The molecule has 8 nitrogen and oxygen atoms in total. The van der Waals surface area contributed by atoms with Crippen molar-refractivity contribution < 1.29 is 23.2 Å². The van der Waals surface area contributed by atoms with Gasteiger partial charge in [0.05, 0.1) is 4.92 Å². The van der Waals surface area contributed by atoms with Crippen LogP contribution in [0.4, 0.5) is 5.69 Å². The third-order valence-corrected chi connectivity index (χ3v) is 4.81. The Hall–Kier alpha value is -2.00. The predicted octanol–water partition coefficient (Wildman–Crippen LogP) is 1.39. The number of aliphatic carboxylic acids is 1. The maximum atomic E-state index is 12.6. The Kier molecular flexibility index (Phi) is 5.39. The van der Waals surface area contributed by atoms with Gasteiger partial charge < -0.3 is 5.11 Å². The van der Waals surface area contributed by atoms with Crippen LogP contribution in [0.25, 0.3) is 0 Å². The van der Waals surface area contributed by atoms with Gasteiger partial charge in [-0.05, 0) is 18.9 Å². The van der Waals surface area contributed by atoms with Gasteiger partial charge in [-0.15, -0.1) is 0 Å². The SMILES string of the molecule is CCCN(CC(=O)O)S(=O)(=O)c1c(C)cccc1[N+](=O)[O-]. The minimum atomic E-state index is -4.25. The van der Waals surface area contributed by atoms with Gasteiger partial charge in [-0.1, -0.05) is 19.1 Å². The average Bonchev–Trinajstić information content (AvgIpc) is 2.37. The van der Waals surface area contributed by atoms with Gasteiger partial charge in [0.15, 0.2) is 4.90 Å². The number of aryl methyl sites for hydroxylation is 1. The number of nitrogens with zero attached hydrogens (tertiary/aromatic N) is 2. The molecule has 0 saturated carbocycles. The summed E-state index contributed by atoms with van der Waals surface area (Å²) < 4.78 is 25.9. The molecular formula is C12H16N2O6S. The van der Waals surface area contributed by atoms with E-state index in [-0.39, 0.29) is 12.1 Å². The summed E-state index contributed by atoms with van der Waals surface area (Å²) in [5.74, 6) is -1.32. The number of carboxylic acids is 1. The van der Waals surface area contributed by atoms with Gasteiger partial charge in [-0.25, -0.2) is 8.42 Å². The maximum absolute atomic E-state index is 12.6. The van der Waals surface area contributed by atoms with Crippen molar-refractivity contribution in [2.45, 2.75) is 25.2 Å². The molecular weight excluding hydrogens is 300 g/mol. The Balaban J connectivity index is 3.47. The minimum Gasteiger partial charge on any atom is -0.480 e. The lowest BCUT2D eigenvalue weighted by atomic mass is 10.2. The molecule has 1 aromatic rings. The van der Waals surface area contributed by atoms with Crippen LogP contribution in [0.3, 0.4) is 0 Å². The van der Waals surface area contributed by atoms with Crippen molar-refractivity contribution in [1.29, 1.82) is 0 Å². The maximum Gasteiger partial charge on any atom is 0.318 e. The highest BCUT2D eigenvalue weighted by atomic mass is 32.2. The number of hydrogen-bond donors (Lipinski definition) is 1. The lowest BCUT2D eigenvalue weighted by Crippen LogP contribution is -2.36. The van der Waals surface area contributed by atoms with E-state index in [9.17, 15) is 23.3 Å². The topological polar surface area (TPSA) is 118 Å². The van der Waals surface area contributed by atoms with Crippen molar-refractivity contribution in [3.63, 3.8) is 0 Å². The molecule has 0 bridgehead atoms. The molecule has 0 fully saturated rings. The lowest BCUT2D eigenvalue weighted by molar-refractivity contribution is -0.387. The lowest BCUT2D eigenvalue weighted by Gasteiger charge is -2.20. The molecule has 0 saturated heterocycles. The van der Waals surface area contributed by atoms with Crippen LogP contribution in [0.15, 0.2) is 23.1 Å². The molecule has 0 spiro atoms. The Bertz CT molecular complexity index is 656. The van der Waals surface area contributed by atoms with E-state index in [1.54, 1.807) is 6.92 Å². The number of nitro benzene ring substituents is 1. The summed E-state index contributed by atoms with van der Waals surface area (Å²) in [5, 5.41) is 19.9. The molecule has 21 heavy (non-hydrogen) atoms. The van der Waals surface area contributed by atoms with Crippen LogP contribution in [-0.4, -0.2) is 41.8 Å². The van der Waals surface area contributed by atoms with Crippen LogP contribution in [-0.2, 0) is 14.8 Å². The molecule has 1 N–H and O–H groups in total. The molecule has 0 aromatic heterocycles. The third-order valence-electron chi connectivity index (χ3n) is 2.77. The average molecular weight is 316 g/mol. The van der Waals surface area contributed by atoms with Crippen LogP contribution in [0.5, 0.6) is 0 Å². The van der Waals surface area contributed by atoms with Crippen LogP contribution in [0.2, 0.25) is 0 Å². The fourth-order valence-corrected chi connectivity index (χ4v) is 3.77. The largest absolute Gasteiger partial charge is 0.480 e. The second-order valence-corrected chi connectivity index (χ2v) is 6.29. The first-order chi connectivity index (χ1) is 9.71. The van der Waals surface area contributed by atoms with Crippen molar-refractivity contribution >= 4 is 21.7 Å². The second-order valence-electron chi connectivity index (χ2n) is 4.41. The van der Waals surface area contributed by atoms with E-state index in [1.807, 2.05) is 0 Å². The van der Waals surface area contributed by atoms with Gasteiger partial charge in [-0.2, -0.15) is 4.31 Å². The van der Waals surface area contributed by atoms with Gasteiger partial charge >= 0.3 is 5.97 Å². The van der Waals surface area contributed by atoms with Crippen molar-refractivity contribution in [3.8, 4) is 0 Å². The summed E-state index contributed by atoms with van der Waals surface area (Å²) in [6.45, 7) is 2.36. The molecule has 116 valence electrons. The zero-order valence-electron chi connectivity index (χ0n) is 11.6. The van der Waals surface area contributed by atoms with Crippen molar-refractivity contribution in [2.75, 3.05) is 13.1 Å². The zero-order chi connectivity index (χ0) is 16.2. The quantitative estimate of drug-likeness (QED) is 0.600. The molecule has 1 aromatic carbocycles. The summed E-state index contributed by atoms with van der Waals surface area (Å²) in [7, 11) is -4.25. The van der Waals surface area contributed by atoms with Crippen molar-refractivity contribution in [2.24, 2.45) is 0 Å². The summed E-state index contributed by atoms with van der Waals surface area (Å²) in [6, 6.07) is 3.91. The first-order valence-electron chi connectivity index (χ1n) is 6.17. The number of hydrogen-bond acceptors (Lipinski definition) is 5. The number of carboxylic acid groups (broad SMARTS) is 1. The standard InChI is InChI=1S/C12H16N2O6S/c1-3-7-13(8-11(15)16)21(19,20)12-9(2)5-4-6-10(12)14(17)18/h4-6H,3,7-8H2,1-2H3,(H,15,16). The normalized spacial score (nSPS) is 11.6. The number of sulfonamides is 1. The van der Waals surface area contributed by atoms with E-state index in [4.69, 9.17) is 5.11 Å². The Morgan fingerprint density at radius 1 is 1.43 bits per heavy atom. The number of rotatable bonds is 7. The predicted molar refractivity (Wildman–Crippen MR) is 74.5 cm³/mol. The third kappa shape index (κ3) is 3.76. The van der Waals surface area contributed by atoms with Gasteiger partial charge in [0.1, 0.15) is 6.54 Å². The molecule has 0 aliphatic rings. The van der Waals surface area contributed by atoms with Gasteiger partial charge in [0.25, 0.3) is 15.7 Å². The highest BCUT2D eigenvalue weighted by Gasteiger charge is 2.33. The second kappa shape index (κ2) is 6.64. The van der Waals surface area contributed by atoms with E-state index in [1.165, 1.54) is 19.1 Å². The Morgan fingerprint density at radius 2 is 2.05 bits per heavy atom. The minimum absolute atomic E-state index is 0.0277. The summed E-state index contributed by atoms with van der Waals surface area (Å²) >= 11 is 0. The summed E-state index contributed by atoms with van der Waals surface area (Å²) in [5.41, 5.74) is -0.350. The molecule has 0 heterocycles. The van der Waals surface area contributed by atoms with Crippen LogP contribution >= 0.6 is 0 Å². The molecule has 0 unspecified atom stereocenters. The molecule has 0 radical (unpaired) electrons. The van der Waals surface area contributed by atoms with Gasteiger partial charge in [0.2, 0.25) is 0 Å². The number of carbonyl (C=O) groups is 1. The highest BCUT2D eigenvalue weighted by molar-refractivity contribution is 7.89. The van der Waals surface area contributed by atoms with Gasteiger partial charge in [-0.3, -0.25) is 14.9 Å². The zero-order valence-corrected chi connectivity index (χ0v) is 12.5. The van der Waals surface area contributed by atoms with Gasteiger partial charge in [0, 0.05) is 12.6 Å². The summed E-state index contributed by atoms with van der Waals surface area (Å²) in [4.78, 5) is 20.6. The smallest absolute Gasteiger partial charge is 0.318 e. The summed E-state index contributed by atoms with van der Waals surface area (Å²) in [6.07, 6.45) is 0.395. The molecule has 0 amide bonds. The Labute approximate surface area is 122 Å². The molecule has 9 heteroatoms. The molecule has 0 aliphatic carbocycles. The van der Waals surface area contributed by atoms with Crippen molar-refractivity contribution in [1.82, 2.24) is 4.31 Å². The van der Waals surface area contributed by atoms with E-state index >= 15 is 0 Å². The fraction of sp³-hybridized carbons (Fsp3) is 0.417. The Morgan fingerprint density at radius 3 is 2.52 bits per heavy atom. The van der Waals surface area contributed by atoms with E-state index in [0.717, 1.165) is 10.4 Å². The fourth-order valence-electron chi connectivity index (χ4n) is 1.93. The first kappa shape index (κ1) is 17.1. The number of nitro groups is 1. The highest BCUT2D eigenvalue weighted by Crippen LogP contribution is 2.29. The van der Waals surface area contributed by atoms with Crippen LogP contribution in [0.1, 0.15) is 18.9 Å². The van der Waals surface area contributed by atoms with E-state index in [2.05, 4.69) is 0 Å². The molecule has 0 aliphatic heterocycles. The van der Waals surface area contributed by atoms with Crippen LogP contribution < -0.4 is 0 Å². The molecule has 1 rings (SSSR count). The number of benzene rings is 1. The first-order valence-corrected chi connectivity index (χ1v) is 7.61. The molecule has 0 atom stereocenters. The van der Waals surface area contributed by atoms with Crippen LogP contribution in [0, 0.1) is 17.0 Å². The van der Waals surface area contributed by atoms with E-state index in [0.29, 0.717) is 6.42 Å². The van der Waals surface area contributed by atoms with E-state index < -0.39 is 38.0 Å².